The zero-order valence-electron chi connectivity index (χ0n) is 77.9. The Morgan fingerprint density at radius 2 is 0.295 bits per heavy atom. The lowest BCUT2D eigenvalue weighted by Crippen LogP contribution is -2.10. The van der Waals surface area contributed by atoms with Crippen LogP contribution in [-0.4, -0.2) is 21.1 Å². The van der Waals surface area contributed by atoms with Gasteiger partial charge in [-0.05, 0) is 298 Å². The number of para-hydroxylation sites is 3. The Morgan fingerprint density at radius 1 is 0.108 bits per heavy atom. The fraction of sp³-hybridized carbons (Fsp3) is 0.0226. The molecule has 0 aliphatic carbocycles. The third kappa shape index (κ3) is 19.6. The molecular formula is C133H102N6. The Balaban J connectivity index is 0.000000124. The van der Waals surface area contributed by atoms with Gasteiger partial charge in [0.2, 0.25) is 0 Å². The summed E-state index contributed by atoms with van der Waals surface area (Å²) < 4.78 is 0. The highest BCUT2D eigenvalue weighted by molar-refractivity contribution is 6.13. The van der Waals surface area contributed by atoms with E-state index >= 15 is 0 Å². The fourth-order valence-electron chi connectivity index (χ4n) is 18.9. The quantitative estimate of drug-likeness (QED) is 0.0626. The van der Waals surface area contributed by atoms with Crippen molar-refractivity contribution in [3.05, 3.63) is 564 Å². The first-order chi connectivity index (χ1) is 68.6. The molecule has 0 aromatic heterocycles. The van der Waals surface area contributed by atoms with E-state index < -0.39 is 0 Å². The number of hydrogen-bond donors (Lipinski definition) is 0. The Bertz CT molecular complexity index is 7990. The van der Waals surface area contributed by atoms with Crippen molar-refractivity contribution in [1.29, 1.82) is 0 Å². The van der Waals surface area contributed by atoms with E-state index in [4.69, 9.17) is 0 Å². The molecule has 664 valence electrons. The van der Waals surface area contributed by atoms with Crippen molar-refractivity contribution < 1.29 is 0 Å². The van der Waals surface area contributed by atoms with Crippen LogP contribution >= 0.6 is 0 Å². The van der Waals surface area contributed by atoms with Crippen LogP contribution in [0, 0.1) is 0 Å². The number of rotatable bonds is 22. The van der Waals surface area contributed by atoms with Gasteiger partial charge in [-0.15, -0.1) is 0 Å². The highest BCUT2D eigenvalue weighted by atomic mass is 15.2. The van der Waals surface area contributed by atoms with Gasteiger partial charge < -0.3 is 29.4 Å². The molecule has 0 aliphatic heterocycles. The maximum Gasteiger partial charge on any atom is 0.0567 e. The van der Waals surface area contributed by atoms with E-state index in [1.54, 1.807) is 0 Å². The van der Waals surface area contributed by atoms with Crippen molar-refractivity contribution in [1.82, 2.24) is 0 Å². The largest absolute Gasteiger partial charge is 0.345 e. The Kier molecular flexibility index (Phi) is 25.7. The van der Waals surface area contributed by atoms with E-state index in [-0.39, 0.29) is 0 Å². The van der Waals surface area contributed by atoms with Crippen molar-refractivity contribution in [3.8, 4) is 77.9 Å². The van der Waals surface area contributed by atoms with Crippen molar-refractivity contribution >= 4 is 128 Å². The maximum atomic E-state index is 2.32. The zero-order chi connectivity index (χ0) is 93.6. The van der Waals surface area contributed by atoms with E-state index in [2.05, 4.69) is 615 Å². The summed E-state index contributed by atoms with van der Waals surface area (Å²) in [5.41, 5.74) is 34.0. The monoisotopic (exact) mass is 1780 g/mol. The van der Waals surface area contributed by atoms with Crippen molar-refractivity contribution in [3.63, 3.8) is 0 Å². The molecule has 0 atom stereocenters. The molecule has 0 heterocycles. The number of hydrogen-bond acceptors (Lipinski definition) is 6. The summed E-state index contributed by atoms with van der Waals surface area (Å²) in [5.74, 6) is 0. The standard InChI is InChI=1S/2C45H34N2.C43H34N2/c1-46(45-43-18-10-8-14-37(43)32-38-15-9-11-19-44(38)45)39-26-20-35(21-27-39)36-24-30-42(31-25-36)47(40-16-6-3-7-17-40)41-28-22-34(23-29-41)33-12-4-2-5-13-33;1-46(45-29-22-39-30-37-12-8-9-13-38(37)31-40(39)32-45)41-23-16-35(17-24-41)36-20-27-44(28-21-36)47(42-14-6-3-7-15-42)43-25-18-34(19-26-43)33-10-4-2-5-11-33;1-44(43-19-11-16-38(32-43)34-14-7-3-8-15-34)39-26-20-36(21-27-39)37-24-30-42(31-25-37)45(40-17-9-4-10-18-40)41-28-22-35(23-29-41)33-12-5-2-6-13-33/h2*2-32H,1H3;2-32H,1H3. The van der Waals surface area contributed by atoms with Gasteiger partial charge in [0.15, 0.2) is 0 Å². The number of fused-ring (bicyclic) bond motifs is 4. The van der Waals surface area contributed by atoms with E-state index in [1.165, 1.54) is 132 Å². The third-order valence-corrected chi connectivity index (χ3v) is 26.4. The highest BCUT2D eigenvalue weighted by Crippen LogP contribution is 2.45. The highest BCUT2D eigenvalue weighted by Gasteiger charge is 2.21. The average molecular weight is 1780 g/mol. The van der Waals surface area contributed by atoms with Gasteiger partial charge in [0.05, 0.1) is 5.69 Å². The van der Waals surface area contributed by atoms with Crippen LogP contribution in [0.2, 0.25) is 0 Å². The number of benzene rings is 23. The smallest absolute Gasteiger partial charge is 0.0567 e. The SMILES string of the molecule is CN(c1ccc(-c2ccc(N(c3ccccc3)c3ccc(-c4ccccc4)cc3)cc2)cc1)c1c2ccccc2cc2ccccc12.CN(c1ccc(-c2ccc(N(c3ccccc3)c3ccc(-c4ccccc4)cc3)cc2)cc1)c1ccc2cc3ccccc3cc2c1.CN(c1ccc(-c2ccc(N(c3ccccc3)c3ccc(-c4ccccc4)cc3)cc2)cc1)c1cccc(-c2ccccc2)c1. The summed E-state index contributed by atoms with van der Waals surface area (Å²) in [6, 6.07) is 201. The van der Waals surface area contributed by atoms with Gasteiger partial charge in [-0.25, -0.2) is 0 Å². The number of nitrogens with zero attached hydrogens (tertiary/aromatic N) is 6. The molecule has 0 unspecified atom stereocenters. The Hall–Kier alpha value is -18.1. The molecule has 0 saturated heterocycles. The Labute approximate surface area is 815 Å². The molecular weight excluding hydrogens is 1680 g/mol. The first-order valence-corrected chi connectivity index (χ1v) is 47.5. The number of anilines is 15. The summed E-state index contributed by atoms with van der Waals surface area (Å²) in [6.07, 6.45) is 0. The molecule has 139 heavy (non-hydrogen) atoms. The van der Waals surface area contributed by atoms with Gasteiger partial charge in [-0.3, -0.25) is 0 Å². The van der Waals surface area contributed by atoms with Crippen molar-refractivity contribution in [2.24, 2.45) is 0 Å². The van der Waals surface area contributed by atoms with E-state index in [0.29, 0.717) is 0 Å². The minimum Gasteiger partial charge on any atom is -0.345 e. The first-order valence-electron chi connectivity index (χ1n) is 47.5. The van der Waals surface area contributed by atoms with Crippen LogP contribution in [-0.2, 0) is 0 Å². The fourth-order valence-corrected chi connectivity index (χ4v) is 18.9. The minimum absolute atomic E-state index is 1.12. The van der Waals surface area contributed by atoms with Crippen LogP contribution < -0.4 is 29.4 Å². The summed E-state index contributed by atoms with van der Waals surface area (Å²) in [7, 11) is 6.43. The summed E-state index contributed by atoms with van der Waals surface area (Å²) in [5, 5.41) is 10.1. The third-order valence-electron chi connectivity index (χ3n) is 26.4. The second-order valence-electron chi connectivity index (χ2n) is 35.0. The molecule has 0 fully saturated rings. The predicted octanol–water partition coefficient (Wildman–Crippen LogP) is 37.1. The van der Waals surface area contributed by atoms with E-state index in [9.17, 15) is 0 Å². The molecule has 0 bridgehead atoms. The minimum atomic E-state index is 1.12. The topological polar surface area (TPSA) is 19.4 Å². The van der Waals surface area contributed by atoms with Crippen LogP contribution in [0.4, 0.5) is 85.3 Å². The second-order valence-corrected chi connectivity index (χ2v) is 35.0. The molecule has 6 heteroatoms. The molecule has 0 spiro atoms. The molecule has 0 amide bonds. The van der Waals surface area contributed by atoms with Crippen LogP contribution in [0.25, 0.3) is 121 Å². The van der Waals surface area contributed by atoms with E-state index in [0.717, 1.165) is 73.9 Å². The van der Waals surface area contributed by atoms with Gasteiger partial charge in [0, 0.05) is 112 Å². The molecule has 23 rings (SSSR count). The molecule has 0 radical (unpaired) electrons. The maximum absolute atomic E-state index is 2.32. The molecule has 0 N–H and O–H groups in total. The van der Waals surface area contributed by atoms with Crippen LogP contribution in [0.5, 0.6) is 0 Å². The summed E-state index contributed by atoms with van der Waals surface area (Å²) in [4.78, 5) is 13.7. The average Bonchev–Trinajstić information content (AvgIpc) is 0.775. The van der Waals surface area contributed by atoms with Gasteiger partial charge in [-0.1, -0.05) is 376 Å². The predicted molar refractivity (Wildman–Crippen MR) is 595 cm³/mol. The molecule has 6 nitrogen and oxygen atoms in total. The van der Waals surface area contributed by atoms with Gasteiger partial charge in [-0.2, -0.15) is 0 Å². The van der Waals surface area contributed by atoms with Gasteiger partial charge in [0.1, 0.15) is 0 Å². The summed E-state index contributed by atoms with van der Waals surface area (Å²) in [6.45, 7) is 0. The molecule has 23 aromatic carbocycles. The Morgan fingerprint density at radius 3 is 0.597 bits per heavy atom. The van der Waals surface area contributed by atoms with Gasteiger partial charge >= 0.3 is 0 Å². The zero-order valence-corrected chi connectivity index (χ0v) is 77.9. The van der Waals surface area contributed by atoms with Crippen LogP contribution in [0.1, 0.15) is 0 Å². The molecule has 0 aliphatic rings. The molecule has 0 saturated carbocycles. The lowest BCUT2D eigenvalue weighted by molar-refractivity contribution is 1.21. The van der Waals surface area contributed by atoms with Crippen LogP contribution in [0.3, 0.4) is 0 Å². The van der Waals surface area contributed by atoms with Crippen molar-refractivity contribution in [2.75, 3.05) is 50.5 Å². The second kappa shape index (κ2) is 40.8. The van der Waals surface area contributed by atoms with E-state index in [1.807, 2.05) is 0 Å². The normalized spacial score (nSPS) is 11.0. The lowest BCUT2D eigenvalue weighted by atomic mass is 9.99. The van der Waals surface area contributed by atoms with Gasteiger partial charge in [0.25, 0.3) is 0 Å². The van der Waals surface area contributed by atoms with Crippen LogP contribution in [0.15, 0.2) is 564 Å². The first kappa shape index (κ1) is 87.5. The summed E-state index contributed by atoms with van der Waals surface area (Å²) >= 11 is 0. The lowest BCUT2D eigenvalue weighted by Gasteiger charge is -2.26. The molecule has 23 aromatic rings. The van der Waals surface area contributed by atoms with Crippen molar-refractivity contribution in [2.45, 2.75) is 0 Å².